The molecule has 2 heterocycles. The van der Waals surface area contributed by atoms with Crippen LogP contribution in [0.1, 0.15) is 34.7 Å². The Morgan fingerprint density at radius 3 is 2.86 bits per heavy atom. The lowest BCUT2D eigenvalue weighted by Gasteiger charge is -2.06. The van der Waals surface area contributed by atoms with Crippen molar-refractivity contribution >= 4 is 11.8 Å². The Hall–Kier alpha value is -1.77. The van der Waals surface area contributed by atoms with E-state index in [9.17, 15) is 18.0 Å². The number of aromatic nitrogens is 3. The first-order chi connectivity index (χ1) is 10.4. The van der Waals surface area contributed by atoms with Crippen molar-refractivity contribution in [1.29, 1.82) is 0 Å². The molecule has 3 rings (SSSR count). The van der Waals surface area contributed by atoms with E-state index < -0.39 is 11.9 Å². The van der Waals surface area contributed by atoms with Crippen molar-refractivity contribution in [3.63, 3.8) is 0 Å². The SMILES string of the molecule is Cc1onc(C(F)(F)F)c1CSc1nc2c(c(=O)[nH]1)CCC2. The minimum absolute atomic E-state index is 0.0219. The molecular weight excluding hydrogens is 319 g/mol. The summed E-state index contributed by atoms with van der Waals surface area (Å²) in [6.45, 7) is 1.43. The standard InChI is InChI=1S/C13H12F3N3O2S/c1-6-8(10(19-21-6)13(14,15)16)5-22-12-17-9-4-2-3-7(9)11(20)18-12/h2-5H2,1H3,(H,17,18,20). The first kappa shape index (κ1) is 15.1. The quantitative estimate of drug-likeness (QED) is 0.692. The number of halogens is 3. The minimum Gasteiger partial charge on any atom is -0.361 e. The maximum atomic E-state index is 12.8. The molecule has 0 amide bonds. The number of aryl methyl sites for hydroxylation is 2. The van der Waals surface area contributed by atoms with Crippen LogP contribution in [0.3, 0.4) is 0 Å². The average molecular weight is 331 g/mol. The van der Waals surface area contributed by atoms with E-state index in [1.54, 1.807) is 0 Å². The summed E-state index contributed by atoms with van der Waals surface area (Å²) in [4.78, 5) is 18.8. The molecule has 0 unspecified atom stereocenters. The van der Waals surface area contributed by atoms with Gasteiger partial charge in [0.1, 0.15) is 5.76 Å². The zero-order valence-corrected chi connectivity index (χ0v) is 12.4. The summed E-state index contributed by atoms with van der Waals surface area (Å²) in [6, 6.07) is 0. The molecule has 22 heavy (non-hydrogen) atoms. The van der Waals surface area contributed by atoms with Gasteiger partial charge in [-0.2, -0.15) is 13.2 Å². The van der Waals surface area contributed by atoms with Gasteiger partial charge in [0.05, 0.1) is 5.69 Å². The second-order valence-electron chi connectivity index (χ2n) is 5.00. The van der Waals surface area contributed by atoms with Crippen LogP contribution in [0.25, 0.3) is 0 Å². The summed E-state index contributed by atoms with van der Waals surface area (Å²) in [6.07, 6.45) is -2.26. The monoisotopic (exact) mass is 331 g/mol. The number of rotatable bonds is 3. The molecule has 1 N–H and O–H groups in total. The second-order valence-corrected chi connectivity index (χ2v) is 5.97. The first-order valence-electron chi connectivity index (χ1n) is 6.63. The number of hydrogen-bond donors (Lipinski definition) is 1. The van der Waals surface area contributed by atoms with Crippen molar-refractivity contribution in [1.82, 2.24) is 15.1 Å². The van der Waals surface area contributed by atoms with Crippen LogP contribution >= 0.6 is 11.8 Å². The number of thioether (sulfide) groups is 1. The van der Waals surface area contributed by atoms with E-state index in [0.717, 1.165) is 30.3 Å². The van der Waals surface area contributed by atoms with Crippen LogP contribution in [0, 0.1) is 6.92 Å². The number of nitrogens with one attached hydrogen (secondary N) is 1. The van der Waals surface area contributed by atoms with Gasteiger partial charge in [0, 0.05) is 16.9 Å². The molecule has 5 nitrogen and oxygen atoms in total. The number of nitrogens with zero attached hydrogens (tertiary/aromatic N) is 2. The molecule has 0 spiro atoms. The molecule has 0 atom stereocenters. The number of alkyl halides is 3. The molecule has 0 aliphatic heterocycles. The van der Waals surface area contributed by atoms with Gasteiger partial charge in [0.15, 0.2) is 10.9 Å². The van der Waals surface area contributed by atoms with E-state index in [-0.39, 0.29) is 22.6 Å². The zero-order chi connectivity index (χ0) is 15.9. The van der Waals surface area contributed by atoms with Gasteiger partial charge < -0.3 is 9.51 Å². The molecule has 0 saturated heterocycles. The van der Waals surface area contributed by atoms with E-state index in [1.165, 1.54) is 6.92 Å². The maximum absolute atomic E-state index is 12.8. The maximum Gasteiger partial charge on any atom is 0.437 e. The Kier molecular flexibility index (Phi) is 3.75. The highest BCUT2D eigenvalue weighted by Crippen LogP contribution is 2.35. The van der Waals surface area contributed by atoms with Gasteiger partial charge in [0.2, 0.25) is 0 Å². The number of fused-ring (bicyclic) bond motifs is 1. The van der Waals surface area contributed by atoms with Crippen LogP contribution < -0.4 is 5.56 Å². The lowest BCUT2D eigenvalue weighted by molar-refractivity contribution is -0.143. The molecule has 1 aliphatic carbocycles. The first-order valence-corrected chi connectivity index (χ1v) is 7.62. The van der Waals surface area contributed by atoms with Gasteiger partial charge in [0.25, 0.3) is 5.56 Å². The van der Waals surface area contributed by atoms with E-state index >= 15 is 0 Å². The van der Waals surface area contributed by atoms with Crippen LogP contribution in [-0.4, -0.2) is 15.1 Å². The Labute approximate surface area is 127 Å². The lowest BCUT2D eigenvalue weighted by atomic mass is 10.2. The average Bonchev–Trinajstić information content (AvgIpc) is 3.02. The predicted octanol–water partition coefficient (Wildman–Crippen LogP) is 2.87. The van der Waals surface area contributed by atoms with Crippen LogP contribution in [-0.2, 0) is 24.8 Å². The molecule has 0 fully saturated rings. The van der Waals surface area contributed by atoms with E-state index in [0.29, 0.717) is 17.1 Å². The molecule has 2 aromatic heterocycles. The largest absolute Gasteiger partial charge is 0.437 e. The van der Waals surface area contributed by atoms with Crippen molar-refractivity contribution in [2.24, 2.45) is 0 Å². The Balaban J connectivity index is 1.84. The summed E-state index contributed by atoms with van der Waals surface area (Å²) in [5.74, 6) is 0.0923. The fourth-order valence-electron chi connectivity index (χ4n) is 2.41. The van der Waals surface area contributed by atoms with Gasteiger partial charge in [-0.15, -0.1) is 0 Å². The number of aromatic amines is 1. The number of H-pyrrole nitrogens is 1. The summed E-state index contributed by atoms with van der Waals surface area (Å²) in [5.41, 5.74) is 0.163. The minimum atomic E-state index is -4.56. The molecular formula is C13H12F3N3O2S. The Morgan fingerprint density at radius 1 is 1.36 bits per heavy atom. The molecule has 1 aliphatic rings. The van der Waals surface area contributed by atoms with Gasteiger partial charge >= 0.3 is 6.18 Å². The lowest BCUT2D eigenvalue weighted by Crippen LogP contribution is -2.15. The molecule has 0 bridgehead atoms. The van der Waals surface area contributed by atoms with Gasteiger partial charge in [-0.05, 0) is 26.2 Å². The van der Waals surface area contributed by atoms with Crippen molar-refractivity contribution in [2.45, 2.75) is 43.3 Å². The third-order valence-electron chi connectivity index (χ3n) is 3.53. The summed E-state index contributed by atoms with van der Waals surface area (Å²) < 4.78 is 43.1. The highest BCUT2D eigenvalue weighted by atomic mass is 32.2. The van der Waals surface area contributed by atoms with Gasteiger partial charge in [-0.1, -0.05) is 16.9 Å². The van der Waals surface area contributed by atoms with E-state index in [4.69, 9.17) is 0 Å². The normalized spacial score (nSPS) is 14.4. The molecule has 0 aromatic carbocycles. The van der Waals surface area contributed by atoms with Crippen molar-refractivity contribution in [2.75, 3.05) is 0 Å². The topological polar surface area (TPSA) is 71.8 Å². The second kappa shape index (κ2) is 5.45. The highest BCUT2D eigenvalue weighted by Gasteiger charge is 2.38. The van der Waals surface area contributed by atoms with Crippen LogP contribution in [0.15, 0.2) is 14.5 Å². The van der Waals surface area contributed by atoms with Crippen LogP contribution in [0.2, 0.25) is 0 Å². The Morgan fingerprint density at radius 2 is 2.14 bits per heavy atom. The predicted molar refractivity (Wildman–Crippen MR) is 72.7 cm³/mol. The smallest absolute Gasteiger partial charge is 0.361 e. The van der Waals surface area contributed by atoms with E-state index in [1.807, 2.05) is 0 Å². The van der Waals surface area contributed by atoms with Crippen molar-refractivity contribution in [3.8, 4) is 0 Å². The van der Waals surface area contributed by atoms with Crippen LogP contribution in [0.4, 0.5) is 13.2 Å². The third-order valence-corrected chi connectivity index (χ3v) is 4.43. The van der Waals surface area contributed by atoms with Crippen molar-refractivity contribution < 1.29 is 17.7 Å². The van der Waals surface area contributed by atoms with Gasteiger partial charge in [-0.25, -0.2) is 4.98 Å². The molecule has 0 saturated carbocycles. The Bertz CT molecular complexity index is 767. The third kappa shape index (κ3) is 2.77. The fourth-order valence-corrected chi connectivity index (χ4v) is 3.37. The van der Waals surface area contributed by atoms with Crippen LogP contribution in [0.5, 0.6) is 0 Å². The molecule has 2 aromatic rings. The zero-order valence-electron chi connectivity index (χ0n) is 11.6. The summed E-state index contributed by atoms with van der Waals surface area (Å²) in [7, 11) is 0. The van der Waals surface area contributed by atoms with Gasteiger partial charge in [-0.3, -0.25) is 4.79 Å². The molecule has 118 valence electrons. The fraction of sp³-hybridized carbons (Fsp3) is 0.462. The highest BCUT2D eigenvalue weighted by molar-refractivity contribution is 7.98. The summed E-state index contributed by atoms with van der Waals surface area (Å²) >= 11 is 1.04. The molecule has 0 radical (unpaired) electrons. The number of hydrogen-bond acceptors (Lipinski definition) is 5. The van der Waals surface area contributed by atoms with Crippen molar-refractivity contribution in [3.05, 3.63) is 38.6 Å². The summed E-state index contributed by atoms with van der Waals surface area (Å²) in [5, 5.41) is 3.39. The molecule has 9 heteroatoms. The van der Waals surface area contributed by atoms with E-state index in [2.05, 4.69) is 19.6 Å².